The van der Waals surface area contributed by atoms with Crippen LogP contribution in [-0.4, -0.2) is 47.9 Å². The maximum Gasteiger partial charge on any atom is 0.453 e. The summed E-state index contributed by atoms with van der Waals surface area (Å²) in [5.41, 5.74) is 5.75. The minimum atomic E-state index is -4.77. The first kappa shape index (κ1) is 22.8. The molecule has 0 bridgehead atoms. The molecule has 1 amide bonds. The lowest BCUT2D eigenvalue weighted by Crippen LogP contribution is -2.47. The summed E-state index contributed by atoms with van der Waals surface area (Å²) in [5, 5.41) is 7.51. The Kier molecular flexibility index (Phi) is 5.86. The lowest BCUT2D eigenvalue weighted by molar-refractivity contribution is -0.145. The minimum absolute atomic E-state index is 0.0106. The van der Waals surface area contributed by atoms with Crippen molar-refractivity contribution >= 4 is 5.91 Å². The molecule has 2 atom stereocenters. The van der Waals surface area contributed by atoms with Crippen molar-refractivity contribution in [3.63, 3.8) is 0 Å². The van der Waals surface area contributed by atoms with Crippen LogP contribution in [0.3, 0.4) is 0 Å². The van der Waals surface area contributed by atoms with Crippen LogP contribution in [0.2, 0.25) is 0 Å². The van der Waals surface area contributed by atoms with Crippen LogP contribution in [0.15, 0.2) is 30.6 Å². The first-order valence-electron chi connectivity index (χ1n) is 9.74. The molecule has 1 aromatic carbocycles. The van der Waals surface area contributed by atoms with Crippen molar-refractivity contribution in [3.8, 4) is 0 Å². The Morgan fingerprint density at radius 2 is 1.88 bits per heavy atom. The van der Waals surface area contributed by atoms with E-state index < -0.39 is 47.6 Å². The third-order valence-corrected chi connectivity index (χ3v) is 5.14. The van der Waals surface area contributed by atoms with E-state index in [4.69, 9.17) is 5.73 Å². The van der Waals surface area contributed by atoms with Gasteiger partial charge in [-0.15, -0.1) is 5.10 Å². The molecular weight excluding hydrogens is 456 g/mol. The molecule has 0 saturated carbocycles. The van der Waals surface area contributed by atoms with Crippen LogP contribution in [0, 0.1) is 17.5 Å². The fourth-order valence-electron chi connectivity index (χ4n) is 3.66. The average molecular weight is 473 g/mol. The molecule has 1 aliphatic heterocycles. The molecule has 14 heteroatoms. The van der Waals surface area contributed by atoms with E-state index in [0.29, 0.717) is 12.1 Å². The number of nitrogens with zero attached hydrogens (tertiary/aromatic N) is 6. The zero-order valence-electron chi connectivity index (χ0n) is 16.8. The van der Waals surface area contributed by atoms with Crippen LogP contribution >= 0.6 is 0 Å². The Labute approximate surface area is 182 Å². The molecule has 0 spiro atoms. The fourth-order valence-corrected chi connectivity index (χ4v) is 3.66. The van der Waals surface area contributed by atoms with Gasteiger partial charge in [-0.3, -0.25) is 4.79 Å². The molecule has 0 radical (unpaired) electrons. The minimum Gasteiger partial charge on any atom is -0.327 e. The smallest absolute Gasteiger partial charge is 0.327 e. The lowest BCUT2D eigenvalue weighted by atomic mass is 10.0. The Morgan fingerprint density at radius 3 is 2.55 bits per heavy atom. The van der Waals surface area contributed by atoms with Crippen molar-refractivity contribution in [1.82, 2.24) is 29.4 Å². The number of rotatable bonds is 5. The molecular formula is C19H17F6N7O. The summed E-state index contributed by atoms with van der Waals surface area (Å²) in [5.74, 6) is -5.63. The molecule has 3 aromatic rings. The maximum atomic E-state index is 13.9. The first-order valence-corrected chi connectivity index (χ1v) is 9.74. The number of carbonyl (C=O) groups excluding carboxylic acids is 1. The Morgan fingerprint density at radius 1 is 1.15 bits per heavy atom. The Balaban J connectivity index is 1.56. The van der Waals surface area contributed by atoms with E-state index in [-0.39, 0.29) is 37.3 Å². The van der Waals surface area contributed by atoms with E-state index in [9.17, 15) is 31.1 Å². The van der Waals surface area contributed by atoms with Crippen molar-refractivity contribution in [1.29, 1.82) is 0 Å². The van der Waals surface area contributed by atoms with Gasteiger partial charge in [0.25, 0.3) is 5.82 Å². The highest BCUT2D eigenvalue weighted by Crippen LogP contribution is 2.31. The number of alkyl halides is 3. The zero-order chi connectivity index (χ0) is 23.9. The predicted octanol–water partition coefficient (Wildman–Crippen LogP) is 2.26. The zero-order valence-corrected chi connectivity index (χ0v) is 16.8. The molecule has 33 heavy (non-hydrogen) atoms. The second-order valence-electron chi connectivity index (χ2n) is 7.49. The third-order valence-electron chi connectivity index (χ3n) is 5.14. The van der Waals surface area contributed by atoms with E-state index in [1.54, 1.807) is 0 Å². The Hall–Kier alpha value is -3.42. The summed E-state index contributed by atoms with van der Waals surface area (Å²) in [7, 11) is 0. The van der Waals surface area contributed by atoms with Gasteiger partial charge < -0.3 is 10.6 Å². The topological polar surface area (TPSA) is 94.9 Å². The number of halogens is 6. The van der Waals surface area contributed by atoms with Gasteiger partial charge in [0.2, 0.25) is 5.91 Å². The quantitative estimate of drug-likeness (QED) is 0.453. The van der Waals surface area contributed by atoms with Crippen LogP contribution in [0.4, 0.5) is 26.3 Å². The average Bonchev–Trinajstić information content (AvgIpc) is 3.40. The van der Waals surface area contributed by atoms with Gasteiger partial charge in [0, 0.05) is 37.5 Å². The number of carbonyl (C=O) groups is 1. The van der Waals surface area contributed by atoms with Crippen molar-refractivity contribution in [3.05, 3.63) is 65.3 Å². The van der Waals surface area contributed by atoms with Gasteiger partial charge in [-0.1, -0.05) is 0 Å². The van der Waals surface area contributed by atoms with Crippen LogP contribution in [-0.2, 0) is 23.9 Å². The van der Waals surface area contributed by atoms with E-state index in [1.807, 2.05) is 0 Å². The third kappa shape index (κ3) is 4.55. The van der Waals surface area contributed by atoms with Crippen molar-refractivity contribution < 1.29 is 31.1 Å². The van der Waals surface area contributed by atoms with E-state index in [0.717, 1.165) is 4.68 Å². The van der Waals surface area contributed by atoms with Crippen LogP contribution in [0.1, 0.15) is 29.8 Å². The summed E-state index contributed by atoms with van der Waals surface area (Å²) >= 11 is 0. The molecule has 3 heterocycles. The first-order chi connectivity index (χ1) is 15.5. The van der Waals surface area contributed by atoms with Gasteiger partial charge in [0.05, 0.1) is 6.54 Å². The number of benzene rings is 1. The summed E-state index contributed by atoms with van der Waals surface area (Å²) in [6.45, 7) is -0.0573. The summed E-state index contributed by atoms with van der Waals surface area (Å²) in [4.78, 5) is 17.9. The largest absolute Gasteiger partial charge is 0.453 e. The van der Waals surface area contributed by atoms with Gasteiger partial charge >= 0.3 is 6.18 Å². The normalized spacial score (nSPS) is 17.2. The summed E-state index contributed by atoms with van der Waals surface area (Å²) in [6, 6.07) is 1.62. The second-order valence-corrected chi connectivity index (χ2v) is 7.49. The van der Waals surface area contributed by atoms with Crippen molar-refractivity contribution in [2.45, 2.75) is 37.8 Å². The highest BCUT2D eigenvalue weighted by Gasteiger charge is 2.42. The molecule has 0 aliphatic carbocycles. The SMILES string of the molecule is N[C@@H](CC(=O)N1CCn2nc(C(F)(F)F)nc2C1n1cccn1)Cc1cc(F)c(F)cc1F. The van der Waals surface area contributed by atoms with Gasteiger partial charge in [-0.25, -0.2) is 27.5 Å². The highest BCUT2D eigenvalue weighted by molar-refractivity contribution is 5.77. The van der Waals surface area contributed by atoms with Gasteiger partial charge in [-0.2, -0.15) is 18.3 Å². The molecule has 8 nitrogen and oxygen atoms in total. The Bertz CT molecular complexity index is 1160. The number of nitrogens with two attached hydrogens (primary N) is 1. The maximum absolute atomic E-state index is 13.9. The van der Waals surface area contributed by atoms with E-state index in [2.05, 4.69) is 15.2 Å². The highest BCUT2D eigenvalue weighted by atomic mass is 19.4. The molecule has 176 valence electrons. The fraction of sp³-hybridized carbons (Fsp3) is 0.368. The molecule has 0 fully saturated rings. The monoisotopic (exact) mass is 473 g/mol. The summed E-state index contributed by atoms with van der Waals surface area (Å²) < 4.78 is 82.2. The molecule has 1 unspecified atom stereocenters. The van der Waals surface area contributed by atoms with Gasteiger partial charge in [-0.05, 0) is 24.1 Å². The van der Waals surface area contributed by atoms with Crippen LogP contribution in [0.25, 0.3) is 0 Å². The number of hydrogen-bond donors (Lipinski definition) is 1. The molecule has 0 saturated heterocycles. The van der Waals surface area contributed by atoms with Crippen molar-refractivity contribution in [2.24, 2.45) is 5.73 Å². The molecule has 2 N–H and O–H groups in total. The summed E-state index contributed by atoms with van der Waals surface area (Å²) in [6.07, 6.45) is -3.64. The van der Waals surface area contributed by atoms with E-state index >= 15 is 0 Å². The van der Waals surface area contributed by atoms with E-state index in [1.165, 1.54) is 28.0 Å². The van der Waals surface area contributed by atoms with Crippen LogP contribution in [0.5, 0.6) is 0 Å². The van der Waals surface area contributed by atoms with Gasteiger partial charge in [0.1, 0.15) is 5.82 Å². The second kappa shape index (κ2) is 8.50. The predicted molar refractivity (Wildman–Crippen MR) is 99.7 cm³/mol. The molecule has 4 rings (SSSR count). The van der Waals surface area contributed by atoms with Crippen LogP contribution < -0.4 is 5.73 Å². The number of amides is 1. The molecule has 2 aromatic heterocycles. The van der Waals surface area contributed by atoms with Crippen molar-refractivity contribution in [2.75, 3.05) is 6.54 Å². The lowest BCUT2D eigenvalue weighted by Gasteiger charge is -2.35. The number of aromatic nitrogens is 5. The molecule has 1 aliphatic rings. The standard InChI is InChI=1S/C19H17F6N7O/c20-12-9-14(22)13(21)7-10(12)6-11(26)8-15(33)30-4-5-31-16(17(30)32-3-1-2-27-32)28-18(29-31)19(23,24)25/h1-3,7,9,11,17H,4-6,8,26H2/t11-,17?/m1/s1. The number of hydrogen-bond acceptors (Lipinski definition) is 5. The van der Waals surface area contributed by atoms with Gasteiger partial charge in [0.15, 0.2) is 23.6 Å². The number of fused-ring (bicyclic) bond motifs is 1.